The lowest BCUT2D eigenvalue weighted by atomic mass is 9.12. The Morgan fingerprint density at radius 1 is 0.365 bits per heavy atom. The first-order valence-corrected chi connectivity index (χ1v) is 19.3. The molecule has 0 saturated heterocycles. The molecule has 0 aromatic heterocycles. The highest BCUT2D eigenvalue weighted by molar-refractivity contribution is 7.20. The van der Waals surface area contributed by atoms with E-state index in [1.165, 1.54) is 64.6 Å². The fourth-order valence-electron chi connectivity index (χ4n) is 8.43. The molecule has 1 saturated carbocycles. The predicted octanol–water partition coefficient (Wildman–Crippen LogP) is 9.39. The summed E-state index contributed by atoms with van der Waals surface area (Å²) < 4.78 is 294. The molecular weight excluding hydrogens is 897 g/mol. The van der Waals surface area contributed by atoms with Gasteiger partial charge in [0.25, 0.3) is 0 Å². The van der Waals surface area contributed by atoms with Crippen LogP contribution in [0.25, 0.3) is 0 Å². The fourth-order valence-corrected chi connectivity index (χ4v) is 8.43. The predicted molar refractivity (Wildman–Crippen MR) is 190 cm³/mol. The van der Waals surface area contributed by atoms with Crippen molar-refractivity contribution in [2.75, 3.05) is 19.6 Å². The van der Waals surface area contributed by atoms with Gasteiger partial charge in [0.15, 0.2) is 69.8 Å². The molecule has 1 N–H and O–H groups in total. The van der Waals surface area contributed by atoms with Gasteiger partial charge in [0.05, 0.1) is 19.6 Å². The highest BCUT2D eigenvalue weighted by Gasteiger charge is 2.52. The number of halogens is 20. The van der Waals surface area contributed by atoms with Gasteiger partial charge in [0.1, 0.15) is 52.7 Å². The van der Waals surface area contributed by atoms with Crippen molar-refractivity contribution < 1.29 is 92.7 Å². The topological polar surface area (TPSA) is 4.44 Å². The van der Waals surface area contributed by atoms with Crippen molar-refractivity contribution in [3.05, 3.63) is 116 Å². The van der Waals surface area contributed by atoms with Crippen LogP contribution < -0.4 is 26.8 Å². The lowest BCUT2D eigenvalue weighted by Crippen LogP contribution is -3.13. The molecule has 0 amide bonds. The van der Waals surface area contributed by atoms with Gasteiger partial charge in [-0.05, 0) is 18.8 Å². The van der Waals surface area contributed by atoms with E-state index in [2.05, 4.69) is 27.7 Å². The fraction of sp³-hybridized carbons (Fsp3) is 0.415. The quantitative estimate of drug-likeness (QED) is 0.0626. The summed E-state index contributed by atoms with van der Waals surface area (Å²) in [5, 5.41) is 0. The van der Waals surface area contributed by atoms with Crippen LogP contribution in [0.3, 0.4) is 0 Å². The minimum absolute atomic E-state index is 0.841. The van der Waals surface area contributed by atoms with Crippen molar-refractivity contribution in [1.82, 2.24) is 0 Å². The van der Waals surface area contributed by atoms with Crippen molar-refractivity contribution in [2.45, 2.75) is 72.6 Å². The van der Waals surface area contributed by atoms with E-state index >= 15 is 35.1 Å². The van der Waals surface area contributed by atoms with Crippen LogP contribution in [0.5, 0.6) is 0 Å². The van der Waals surface area contributed by atoms with Crippen molar-refractivity contribution in [3.8, 4) is 0 Å². The van der Waals surface area contributed by atoms with Crippen LogP contribution in [0.1, 0.15) is 72.6 Å². The summed E-state index contributed by atoms with van der Waals surface area (Å²) in [6.07, 6.45) is 3.27. The lowest BCUT2D eigenvalue weighted by Gasteiger charge is -2.44. The number of nitrogens with one attached hydrogen (secondary N) is 1. The summed E-state index contributed by atoms with van der Waals surface area (Å²) in [7, 11) is 0. The van der Waals surface area contributed by atoms with Crippen LogP contribution in [0, 0.1) is 134 Å². The van der Waals surface area contributed by atoms with Gasteiger partial charge in [-0.3, -0.25) is 0 Å². The average Bonchev–Trinajstić information content (AvgIpc) is 3.23. The molecule has 0 radical (unpaired) electrons. The van der Waals surface area contributed by atoms with E-state index in [0.29, 0.717) is 0 Å². The molecule has 0 aliphatic heterocycles. The minimum Gasteiger partial charge on any atom is -0.335 e. The van der Waals surface area contributed by atoms with Gasteiger partial charge in [-0.25, -0.2) is 87.8 Å². The van der Waals surface area contributed by atoms with E-state index in [4.69, 9.17) is 0 Å². The Morgan fingerprint density at radius 3 is 0.810 bits per heavy atom. The van der Waals surface area contributed by atoms with Gasteiger partial charge >= 0.3 is 0 Å². The molecule has 0 spiro atoms. The Labute approximate surface area is 347 Å². The second kappa shape index (κ2) is 20.1. The van der Waals surface area contributed by atoms with Crippen LogP contribution in [0.15, 0.2) is 0 Å². The zero-order valence-corrected chi connectivity index (χ0v) is 33.4. The zero-order chi connectivity index (χ0) is 47.7. The van der Waals surface area contributed by atoms with E-state index in [-0.39, 0.29) is 0 Å². The second-order valence-corrected chi connectivity index (χ2v) is 16.1. The Balaban J connectivity index is 0.000000405. The smallest absolute Gasteiger partial charge is 0.200 e. The van der Waals surface area contributed by atoms with E-state index in [1.54, 1.807) is 0 Å². The molecule has 1 aliphatic carbocycles. The number of hydrogen-bond donors (Lipinski definition) is 1. The molecule has 1 fully saturated rings. The van der Waals surface area contributed by atoms with Crippen molar-refractivity contribution in [3.63, 3.8) is 0 Å². The minimum atomic E-state index is -7.22. The first kappa shape index (κ1) is 51.1. The van der Waals surface area contributed by atoms with Gasteiger partial charge < -0.3 is 4.90 Å². The molecule has 5 rings (SSSR count). The van der Waals surface area contributed by atoms with Crippen LogP contribution in [0.4, 0.5) is 87.8 Å². The maximum Gasteiger partial charge on any atom is 0.200 e. The summed E-state index contributed by atoms with van der Waals surface area (Å²) >= 11 is 0. The third-order valence-corrected chi connectivity index (χ3v) is 11.0. The molecule has 0 unspecified atom stereocenters. The van der Waals surface area contributed by atoms with Crippen LogP contribution >= 0.6 is 0 Å². The standard InChI is InChI=1S/C24BF20.C17H35N/c26-5-1(6(27)14(35)21(42)13(5)34)25(2-7(28)15(36)22(43)16(37)8(2)29,3-9(30)17(38)23(44)18(39)10(3)31)4-11(32)19(40)24(45)20(41)12(4)33;1-15(2)13-18(14-16(3)4)12-8-11-17-9-6-5-7-10-17/h;15-17H,5-14H2,1-4H3/q-1;/p+1. The number of benzene rings is 4. The monoisotopic (exact) mass is 933 g/mol. The van der Waals surface area contributed by atoms with Crippen LogP contribution in [0.2, 0.25) is 0 Å². The summed E-state index contributed by atoms with van der Waals surface area (Å²) in [4.78, 5) is 1.84. The van der Waals surface area contributed by atoms with E-state index in [9.17, 15) is 52.7 Å². The molecule has 22 heteroatoms. The largest absolute Gasteiger partial charge is 0.335 e. The number of quaternary nitrogens is 1. The molecule has 0 heterocycles. The molecule has 0 bridgehead atoms. The van der Waals surface area contributed by atoms with E-state index in [0.717, 1.165) is 17.8 Å². The van der Waals surface area contributed by atoms with Gasteiger partial charge in [-0.2, -0.15) is 0 Å². The summed E-state index contributed by atoms with van der Waals surface area (Å²) in [6, 6.07) is 0. The Kier molecular flexibility index (Phi) is 16.3. The Hall–Kier alpha value is -4.50. The molecule has 63 heavy (non-hydrogen) atoms. The lowest BCUT2D eigenvalue weighted by molar-refractivity contribution is -0.906. The Bertz CT molecular complexity index is 1950. The Morgan fingerprint density at radius 2 is 0.587 bits per heavy atom. The molecule has 4 aromatic carbocycles. The zero-order valence-electron chi connectivity index (χ0n) is 33.4. The molecule has 0 atom stereocenters. The number of hydrogen-bond acceptors (Lipinski definition) is 0. The summed E-state index contributed by atoms with van der Waals surface area (Å²) in [5.41, 5.74) is -14.3. The third kappa shape index (κ3) is 9.37. The average molecular weight is 934 g/mol. The van der Waals surface area contributed by atoms with Gasteiger partial charge in [-0.15, -0.1) is 21.9 Å². The highest BCUT2D eigenvalue weighted by Crippen LogP contribution is 2.31. The number of rotatable bonds is 12. The second-order valence-electron chi connectivity index (χ2n) is 16.1. The molecular formula is C41H36BF20N. The van der Waals surface area contributed by atoms with Crippen LogP contribution in [-0.4, -0.2) is 25.8 Å². The van der Waals surface area contributed by atoms with E-state index < -0.39 is 144 Å². The highest BCUT2D eigenvalue weighted by atomic mass is 19.2. The SMILES string of the molecule is CC(C)C[NH+](CCCC1CCCCC1)CC(C)C.Fc1c(F)c(F)c([B-](c2c(F)c(F)c(F)c(F)c2F)(c2c(F)c(F)c(F)c(F)c2F)c2c(F)c(F)c(F)c(F)c2F)c(F)c1F. The molecule has 1 nitrogen and oxygen atoms in total. The summed E-state index contributed by atoms with van der Waals surface area (Å²) in [5.74, 6) is -68.7. The molecule has 1 aliphatic rings. The molecule has 4 aromatic rings. The summed E-state index contributed by atoms with van der Waals surface area (Å²) in [6.45, 7) is 13.6. The molecule has 348 valence electrons. The van der Waals surface area contributed by atoms with E-state index in [1.807, 2.05) is 4.90 Å². The van der Waals surface area contributed by atoms with Crippen molar-refractivity contribution in [1.29, 1.82) is 0 Å². The first-order chi connectivity index (χ1) is 29.3. The normalized spacial score (nSPS) is 13.8. The maximum absolute atomic E-state index is 15.4. The van der Waals surface area contributed by atoms with Crippen molar-refractivity contribution in [2.24, 2.45) is 17.8 Å². The van der Waals surface area contributed by atoms with Gasteiger partial charge in [-0.1, -0.05) is 59.8 Å². The first-order valence-electron chi connectivity index (χ1n) is 19.3. The van der Waals surface area contributed by atoms with Gasteiger partial charge in [0.2, 0.25) is 0 Å². The third-order valence-electron chi connectivity index (χ3n) is 11.0. The maximum atomic E-state index is 15.4. The van der Waals surface area contributed by atoms with Crippen molar-refractivity contribution >= 4 is 28.0 Å². The van der Waals surface area contributed by atoms with Crippen LogP contribution in [-0.2, 0) is 0 Å². The van der Waals surface area contributed by atoms with Gasteiger partial charge in [0, 0.05) is 11.8 Å².